The lowest BCUT2D eigenvalue weighted by Gasteiger charge is -2.51. The predicted molar refractivity (Wildman–Crippen MR) is 93.3 cm³/mol. The van der Waals surface area contributed by atoms with Crippen LogP contribution in [0.3, 0.4) is 0 Å². The molecule has 0 aliphatic heterocycles. The Morgan fingerprint density at radius 1 is 1.15 bits per heavy atom. The molecule has 2 fully saturated rings. The quantitative estimate of drug-likeness (QED) is 0.472. The molecule has 118 valence electrons. The van der Waals surface area contributed by atoms with Gasteiger partial charge in [-0.05, 0) is 67.1 Å². The van der Waals surface area contributed by atoms with E-state index in [1.807, 2.05) is 0 Å². The Bertz CT molecular complexity index is 300. The second kappa shape index (κ2) is 7.16. The molecule has 20 heavy (non-hydrogen) atoms. The topological polar surface area (TPSA) is 0 Å². The van der Waals surface area contributed by atoms with Crippen molar-refractivity contribution in [3.8, 4) is 0 Å². The molecule has 0 N–H and O–H groups in total. The van der Waals surface area contributed by atoms with Gasteiger partial charge >= 0.3 is 0 Å². The van der Waals surface area contributed by atoms with E-state index in [0.29, 0.717) is 5.41 Å². The van der Waals surface area contributed by atoms with Crippen LogP contribution in [-0.4, -0.2) is 5.33 Å². The van der Waals surface area contributed by atoms with Gasteiger partial charge < -0.3 is 0 Å². The lowest BCUT2D eigenvalue weighted by Crippen LogP contribution is -2.44. The van der Waals surface area contributed by atoms with Crippen LogP contribution in [0.2, 0.25) is 0 Å². The normalized spacial score (nSPS) is 42.5. The summed E-state index contributed by atoms with van der Waals surface area (Å²) in [5.41, 5.74) is 0.693. The Balaban J connectivity index is 2.23. The van der Waals surface area contributed by atoms with Gasteiger partial charge in [-0.3, -0.25) is 0 Å². The molecule has 0 aromatic carbocycles. The fraction of sp³-hybridized carbons (Fsp3) is 1.00. The average Bonchev–Trinajstić information content (AvgIpc) is 2.86. The van der Waals surface area contributed by atoms with Gasteiger partial charge in [-0.2, -0.15) is 0 Å². The van der Waals surface area contributed by atoms with Crippen LogP contribution in [0.25, 0.3) is 0 Å². The van der Waals surface area contributed by atoms with Crippen molar-refractivity contribution in [2.24, 2.45) is 35.0 Å². The largest absolute Gasteiger partial charge is 0.0925 e. The Hall–Kier alpha value is 0.480. The third-order valence-corrected chi connectivity index (χ3v) is 8.11. The molecule has 0 heterocycles. The second-order valence-electron chi connectivity index (χ2n) is 7.67. The van der Waals surface area contributed by atoms with Crippen molar-refractivity contribution in [1.82, 2.24) is 0 Å². The number of hydrogen-bond acceptors (Lipinski definition) is 0. The summed E-state index contributed by atoms with van der Waals surface area (Å²) in [4.78, 5) is 0. The molecule has 6 atom stereocenters. The van der Waals surface area contributed by atoms with Crippen LogP contribution in [-0.2, 0) is 0 Å². The van der Waals surface area contributed by atoms with Crippen molar-refractivity contribution in [2.45, 2.75) is 79.1 Å². The van der Waals surface area contributed by atoms with E-state index in [1.54, 1.807) is 0 Å². The molecule has 0 spiro atoms. The highest BCUT2D eigenvalue weighted by Gasteiger charge is 2.55. The van der Waals surface area contributed by atoms with Crippen molar-refractivity contribution in [2.75, 3.05) is 5.33 Å². The fourth-order valence-corrected chi connectivity index (χ4v) is 6.68. The third kappa shape index (κ3) is 2.73. The molecular weight excluding hydrogens is 308 g/mol. The van der Waals surface area contributed by atoms with E-state index < -0.39 is 0 Å². The molecule has 0 nitrogen and oxygen atoms in total. The summed E-state index contributed by atoms with van der Waals surface area (Å²) in [6.07, 6.45) is 11.8. The number of halogens is 1. The number of fused-ring (bicyclic) bond motifs is 1. The summed E-state index contributed by atoms with van der Waals surface area (Å²) in [6.45, 7) is 9.80. The molecule has 1 heteroatoms. The SMILES string of the molecule is CCC[C@H]1CC[C@]2(CC)[C@@H](C(C)CBr)CC[C@H]2[C@@H]1CC. The fourth-order valence-electron chi connectivity index (χ4n) is 6.22. The van der Waals surface area contributed by atoms with Gasteiger partial charge in [-0.1, -0.05) is 62.9 Å². The number of hydrogen-bond donors (Lipinski definition) is 0. The minimum Gasteiger partial charge on any atom is -0.0925 e. The summed E-state index contributed by atoms with van der Waals surface area (Å²) < 4.78 is 0. The predicted octanol–water partition coefficient (Wildman–Crippen LogP) is 6.68. The van der Waals surface area contributed by atoms with E-state index in [4.69, 9.17) is 0 Å². The Kier molecular flexibility index (Phi) is 6.03. The second-order valence-corrected chi connectivity index (χ2v) is 8.32. The molecule has 2 rings (SSSR count). The molecule has 0 radical (unpaired) electrons. The number of rotatable bonds is 6. The first-order valence-electron chi connectivity index (χ1n) is 9.20. The summed E-state index contributed by atoms with van der Waals surface area (Å²) >= 11 is 3.76. The van der Waals surface area contributed by atoms with Crippen molar-refractivity contribution in [1.29, 1.82) is 0 Å². The minimum atomic E-state index is 0.693. The molecule has 0 amide bonds. The van der Waals surface area contributed by atoms with E-state index in [0.717, 1.165) is 29.6 Å². The molecule has 1 unspecified atom stereocenters. The molecule has 0 aromatic rings. The van der Waals surface area contributed by atoms with Crippen LogP contribution in [0.1, 0.15) is 79.1 Å². The first-order valence-corrected chi connectivity index (χ1v) is 10.3. The van der Waals surface area contributed by atoms with Crippen molar-refractivity contribution in [3.05, 3.63) is 0 Å². The lowest BCUT2D eigenvalue weighted by atomic mass is 9.54. The minimum absolute atomic E-state index is 0.693. The maximum absolute atomic E-state index is 3.76. The number of alkyl halides is 1. The highest BCUT2D eigenvalue weighted by molar-refractivity contribution is 9.09. The smallest absolute Gasteiger partial charge is 0.00598 e. The van der Waals surface area contributed by atoms with Crippen LogP contribution in [0, 0.1) is 35.0 Å². The maximum atomic E-state index is 3.76. The first kappa shape index (κ1) is 16.8. The molecular formula is C19H35Br. The highest BCUT2D eigenvalue weighted by Crippen LogP contribution is 2.63. The monoisotopic (exact) mass is 342 g/mol. The van der Waals surface area contributed by atoms with Crippen LogP contribution in [0.4, 0.5) is 0 Å². The lowest BCUT2D eigenvalue weighted by molar-refractivity contribution is -0.0219. The molecule has 0 aromatic heterocycles. The van der Waals surface area contributed by atoms with E-state index in [-0.39, 0.29) is 0 Å². The van der Waals surface area contributed by atoms with E-state index >= 15 is 0 Å². The standard InChI is InChI=1S/C19H35Br/c1-5-8-15-11-12-19(7-3)17(14(4)13-20)9-10-18(19)16(15)6-2/h14-18H,5-13H2,1-4H3/t14?,15-,16+,17+,18-,19+/m0/s1. The van der Waals surface area contributed by atoms with Gasteiger partial charge in [0.05, 0.1) is 0 Å². The Labute approximate surface area is 135 Å². The van der Waals surface area contributed by atoms with Crippen molar-refractivity contribution < 1.29 is 0 Å². The van der Waals surface area contributed by atoms with E-state index in [9.17, 15) is 0 Å². The van der Waals surface area contributed by atoms with Crippen LogP contribution >= 0.6 is 15.9 Å². The zero-order valence-electron chi connectivity index (χ0n) is 14.1. The highest BCUT2D eigenvalue weighted by atomic mass is 79.9. The van der Waals surface area contributed by atoms with Crippen LogP contribution in [0.5, 0.6) is 0 Å². The molecule has 0 bridgehead atoms. The van der Waals surface area contributed by atoms with Crippen LogP contribution in [0.15, 0.2) is 0 Å². The van der Waals surface area contributed by atoms with Gasteiger partial charge in [0.1, 0.15) is 0 Å². The summed E-state index contributed by atoms with van der Waals surface area (Å²) in [7, 11) is 0. The van der Waals surface area contributed by atoms with Gasteiger partial charge in [0.25, 0.3) is 0 Å². The third-order valence-electron chi connectivity index (χ3n) is 7.09. The van der Waals surface area contributed by atoms with Gasteiger partial charge in [0.15, 0.2) is 0 Å². The van der Waals surface area contributed by atoms with Gasteiger partial charge in [-0.25, -0.2) is 0 Å². The Morgan fingerprint density at radius 2 is 1.90 bits per heavy atom. The van der Waals surface area contributed by atoms with E-state index in [2.05, 4.69) is 43.6 Å². The molecule has 2 saturated carbocycles. The summed E-state index contributed by atoms with van der Waals surface area (Å²) in [5.74, 6) is 4.94. The maximum Gasteiger partial charge on any atom is 0.00598 e. The van der Waals surface area contributed by atoms with E-state index in [1.165, 1.54) is 56.7 Å². The first-order chi connectivity index (χ1) is 9.64. The summed E-state index contributed by atoms with van der Waals surface area (Å²) in [5, 5.41) is 1.20. The summed E-state index contributed by atoms with van der Waals surface area (Å²) in [6, 6.07) is 0. The van der Waals surface area contributed by atoms with Gasteiger partial charge in [0, 0.05) is 5.33 Å². The molecule has 2 aliphatic carbocycles. The Morgan fingerprint density at radius 3 is 2.45 bits per heavy atom. The zero-order valence-corrected chi connectivity index (χ0v) is 15.7. The van der Waals surface area contributed by atoms with Crippen molar-refractivity contribution >= 4 is 15.9 Å². The van der Waals surface area contributed by atoms with Crippen molar-refractivity contribution in [3.63, 3.8) is 0 Å². The average molecular weight is 343 g/mol. The molecule has 0 saturated heterocycles. The van der Waals surface area contributed by atoms with Gasteiger partial charge in [0.2, 0.25) is 0 Å². The van der Waals surface area contributed by atoms with Crippen LogP contribution < -0.4 is 0 Å². The molecule has 2 aliphatic rings. The van der Waals surface area contributed by atoms with Gasteiger partial charge in [-0.15, -0.1) is 0 Å². The zero-order chi connectivity index (χ0) is 14.8.